The third-order valence-electron chi connectivity index (χ3n) is 3.92. The van der Waals surface area contributed by atoms with E-state index in [2.05, 4.69) is 15.9 Å². The maximum absolute atomic E-state index is 10.6. The zero-order valence-electron chi connectivity index (χ0n) is 14.4. The molecule has 0 radical (unpaired) electrons. The highest BCUT2D eigenvalue weighted by atomic mass is 79.9. The molecular weight excluding hydrogens is 422 g/mol. The summed E-state index contributed by atoms with van der Waals surface area (Å²) in [7, 11) is 1.60. The zero-order chi connectivity index (χ0) is 19.1. The molecule has 7 heteroatoms. The average Bonchev–Trinajstić information content (AvgIpc) is 2.60. The molecule has 0 aliphatic rings. The first-order valence-corrected chi connectivity index (χ1v) is 9.30. The van der Waals surface area contributed by atoms with Crippen molar-refractivity contribution in [1.29, 1.82) is 0 Å². The van der Waals surface area contributed by atoms with Gasteiger partial charge in [-0.25, -0.2) is 0 Å². The van der Waals surface area contributed by atoms with E-state index in [9.17, 15) is 4.79 Å². The second-order valence-corrected chi connectivity index (χ2v) is 7.12. The van der Waals surface area contributed by atoms with Crippen molar-refractivity contribution in [1.82, 2.24) is 0 Å². The molecule has 0 heterocycles. The molecule has 0 saturated carbocycles. The average molecular weight is 443 g/mol. The van der Waals surface area contributed by atoms with Gasteiger partial charge in [0.25, 0.3) is 0 Å². The van der Waals surface area contributed by atoms with Gasteiger partial charge in [0, 0.05) is 23.0 Å². The Hall–Kier alpha value is -1.76. The van der Waals surface area contributed by atoms with Crippen LogP contribution in [0.5, 0.6) is 11.5 Å². The SMILES string of the molecule is COc1ccc([C@H](N)CCCC(=O)O)cc1COc1ccc(Cl)cc1Br. The predicted molar refractivity (Wildman–Crippen MR) is 105 cm³/mol. The molecule has 2 rings (SSSR count). The van der Waals surface area contributed by atoms with Crippen molar-refractivity contribution in [3.05, 3.63) is 57.0 Å². The quantitative estimate of drug-likeness (QED) is 0.574. The maximum Gasteiger partial charge on any atom is 0.303 e. The van der Waals surface area contributed by atoms with Gasteiger partial charge in [-0.2, -0.15) is 0 Å². The minimum absolute atomic E-state index is 0.115. The van der Waals surface area contributed by atoms with E-state index in [0.717, 1.165) is 15.6 Å². The molecule has 5 nitrogen and oxygen atoms in total. The number of halogens is 2. The number of carboxylic acids is 1. The van der Waals surface area contributed by atoms with Crippen LogP contribution >= 0.6 is 27.5 Å². The van der Waals surface area contributed by atoms with Crippen molar-refractivity contribution in [3.63, 3.8) is 0 Å². The van der Waals surface area contributed by atoms with E-state index < -0.39 is 5.97 Å². The van der Waals surface area contributed by atoms with E-state index in [0.29, 0.717) is 36.0 Å². The summed E-state index contributed by atoms with van der Waals surface area (Å²) in [5.41, 5.74) is 7.98. The lowest BCUT2D eigenvalue weighted by Crippen LogP contribution is -2.12. The molecule has 0 fully saturated rings. The molecule has 0 aromatic heterocycles. The summed E-state index contributed by atoms with van der Waals surface area (Å²) in [6.45, 7) is 0.305. The largest absolute Gasteiger partial charge is 0.496 e. The molecule has 26 heavy (non-hydrogen) atoms. The highest BCUT2D eigenvalue weighted by molar-refractivity contribution is 9.10. The van der Waals surface area contributed by atoms with Crippen molar-refractivity contribution in [3.8, 4) is 11.5 Å². The first-order chi connectivity index (χ1) is 12.4. The van der Waals surface area contributed by atoms with E-state index >= 15 is 0 Å². The van der Waals surface area contributed by atoms with Crippen LogP contribution in [-0.2, 0) is 11.4 Å². The first kappa shape index (κ1) is 20.6. The maximum atomic E-state index is 10.6. The van der Waals surface area contributed by atoms with Crippen molar-refractivity contribution >= 4 is 33.5 Å². The normalized spacial score (nSPS) is 11.8. The number of carboxylic acid groups (broad SMARTS) is 1. The molecule has 2 aromatic carbocycles. The predicted octanol–water partition coefficient (Wildman–Crippen LogP) is 4.94. The molecule has 0 bridgehead atoms. The number of nitrogens with two attached hydrogens (primary N) is 1. The Morgan fingerprint density at radius 2 is 2.00 bits per heavy atom. The molecule has 3 N–H and O–H groups in total. The van der Waals surface area contributed by atoms with Gasteiger partial charge in [0.15, 0.2) is 0 Å². The van der Waals surface area contributed by atoms with E-state index in [1.54, 1.807) is 25.3 Å². The fourth-order valence-corrected chi connectivity index (χ4v) is 3.33. The topological polar surface area (TPSA) is 81.8 Å². The molecule has 0 unspecified atom stereocenters. The van der Waals surface area contributed by atoms with Crippen LogP contribution in [0.25, 0.3) is 0 Å². The van der Waals surface area contributed by atoms with Crippen molar-refractivity contribution in [2.75, 3.05) is 7.11 Å². The fraction of sp³-hybridized carbons (Fsp3) is 0.316. The number of aliphatic carboxylic acids is 1. The Bertz CT molecular complexity index is 769. The molecule has 0 saturated heterocycles. The number of ether oxygens (including phenoxy) is 2. The smallest absolute Gasteiger partial charge is 0.303 e. The standard InChI is InChI=1S/C19H21BrClNO4/c1-25-17-7-5-12(16(22)3-2-4-19(23)24)9-13(17)11-26-18-8-6-14(21)10-15(18)20/h5-10,16H,2-4,11,22H2,1H3,(H,23,24)/t16-/m1/s1. The van der Waals surface area contributed by atoms with Crippen LogP contribution in [0.15, 0.2) is 40.9 Å². The van der Waals surface area contributed by atoms with E-state index in [4.69, 9.17) is 31.9 Å². The summed E-state index contributed by atoms with van der Waals surface area (Å²) >= 11 is 9.37. The Labute approximate surface area is 166 Å². The van der Waals surface area contributed by atoms with Crippen LogP contribution in [0, 0.1) is 0 Å². The molecule has 0 aliphatic heterocycles. The highest BCUT2D eigenvalue weighted by Crippen LogP contribution is 2.30. The van der Waals surface area contributed by atoms with Gasteiger partial charge in [-0.05, 0) is 64.7 Å². The van der Waals surface area contributed by atoms with Crippen LogP contribution in [0.3, 0.4) is 0 Å². The number of methoxy groups -OCH3 is 1. The first-order valence-electron chi connectivity index (χ1n) is 8.12. The molecule has 1 atom stereocenters. The molecule has 0 amide bonds. The molecule has 140 valence electrons. The molecular formula is C19H21BrClNO4. The lowest BCUT2D eigenvalue weighted by Gasteiger charge is -2.16. The van der Waals surface area contributed by atoms with Crippen LogP contribution in [0.4, 0.5) is 0 Å². The lowest BCUT2D eigenvalue weighted by molar-refractivity contribution is -0.137. The van der Waals surface area contributed by atoms with Gasteiger partial charge < -0.3 is 20.3 Å². The van der Waals surface area contributed by atoms with Gasteiger partial charge in [-0.3, -0.25) is 4.79 Å². The van der Waals surface area contributed by atoms with Crippen LogP contribution in [0.2, 0.25) is 5.02 Å². The number of rotatable bonds is 9. The molecule has 0 aliphatic carbocycles. The second-order valence-electron chi connectivity index (χ2n) is 5.83. The molecule has 2 aromatic rings. The van der Waals surface area contributed by atoms with Crippen LogP contribution < -0.4 is 15.2 Å². The summed E-state index contributed by atoms with van der Waals surface area (Å²) < 4.78 is 12.0. The summed E-state index contributed by atoms with van der Waals surface area (Å²) in [5, 5.41) is 9.36. The third-order valence-corrected chi connectivity index (χ3v) is 4.77. The summed E-state index contributed by atoms with van der Waals surface area (Å²) in [6, 6.07) is 10.8. The van der Waals surface area contributed by atoms with Gasteiger partial charge in [0.1, 0.15) is 18.1 Å². The number of hydrogen-bond acceptors (Lipinski definition) is 4. The van der Waals surface area contributed by atoms with E-state index in [1.165, 1.54) is 0 Å². The van der Waals surface area contributed by atoms with Crippen LogP contribution in [-0.4, -0.2) is 18.2 Å². The monoisotopic (exact) mass is 441 g/mol. The van der Waals surface area contributed by atoms with Gasteiger partial charge in [-0.1, -0.05) is 17.7 Å². The second kappa shape index (κ2) is 9.80. The minimum atomic E-state index is -0.811. The molecule has 0 spiro atoms. The Morgan fingerprint density at radius 3 is 2.65 bits per heavy atom. The van der Waals surface area contributed by atoms with Gasteiger partial charge in [0.2, 0.25) is 0 Å². The van der Waals surface area contributed by atoms with E-state index in [-0.39, 0.29) is 12.5 Å². The minimum Gasteiger partial charge on any atom is -0.496 e. The number of carbonyl (C=O) groups is 1. The number of benzene rings is 2. The van der Waals surface area contributed by atoms with Crippen molar-refractivity contribution in [2.24, 2.45) is 5.73 Å². The lowest BCUT2D eigenvalue weighted by atomic mass is 9.99. The highest BCUT2D eigenvalue weighted by Gasteiger charge is 2.12. The Kier molecular flexibility index (Phi) is 7.75. The van der Waals surface area contributed by atoms with E-state index in [1.807, 2.05) is 18.2 Å². The third kappa shape index (κ3) is 5.90. The zero-order valence-corrected chi connectivity index (χ0v) is 16.7. The van der Waals surface area contributed by atoms with Crippen molar-refractivity contribution < 1.29 is 19.4 Å². The summed E-state index contributed by atoms with van der Waals surface area (Å²) in [4.78, 5) is 10.6. The fourth-order valence-electron chi connectivity index (χ4n) is 2.53. The van der Waals surface area contributed by atoms with Crippen LogP contribution in [0.1, 0.15) is 36.4 Å². The summed E-state index contributed by atoms with van der Waals surface area (Å²) in [6.07, 6.45) is 1.25. The Balaban J connectivity index is 2.09. The van der Waals surface area contributed by atoms with Gasteiger partial charge in [-0.15, -0.1) is 0 Å². The van der Waals surface area contributed by atoms with Gasteiger partial charge >= 0.3 is 5.97 Å². The van der Waals surface area contributed by atoms with Crippen molar-refractivity contribution in [2.45, 2.75) is 31.9 Å². The van der Waals surface area contributed by atoms with Gasteiger partial charge in [0.05, 0.1) is 11.6 Å². The Morgan fingerprint density at radius 1 is 1.27 bits per heavy atom. The number of hydrogen-bond donors (Lipinski definition) is 2. The summed E-state index contributed by atoms with van der Waals surface area (Å²) in [5.74, 6) is 0.568.